The minimum atomic E-state index is -0.923. The second-order valence-electron chi connectivity index (χ2n) is 4.43. The van der Waals surface area contributed by atoms with Gasteiger partial charge in [0.25, 0.3) is 0 Å². The Bertz CT molecular complexity index is 431. The van der Waals surface area contributed by atoms with Crippen LogP contribution in [0.15, 0.2) is 17.5 Å². The Balaban J connectivity index is 2.19. The molecular formula is C12H15NO4S. The number of carbonyl (C=O) groups excluding carboxylic acids is 1. The molecule has 1 saturated heterocycles. The Hall–Kier alpha value is -1.40. The maximum absolute atomic E-state index is 11.9. The number of carboxylic acids is 1. The molecule has 0 aliphatic carbocycles. The van der Waals surface area contributed by atoms with Crippen LogP contribution in [0.4, 0.5) is 0 Å². The number of likely N-dealkylation sites (tertiary alicyclic amines) is 1. The maximum atomic E-state index is 11.9. The van der Waals surface area contributed by atoms with Gasteiger partial charge in [-0.25, -0.2) is 0 Å². The molecule has 18 heavy (non-hydrogen) atoms. The van der Waals surface area contributed by atoms with Crippen LogP contribution >= 0.6 is 11.3 Å². The van der Waals surface area contributed by atoms with Crippen LogP contribution in [0.1, 0.15) is 23.8 Å². The minimum absolute atomic E-state index is 0.0352. The minimum Gasteiger partial charge on any atom is -0.481 e. The first-order chi connectivity index (χ1) is 8.61. The smallest absolute Gasteiger partial charge is 0.305 e. The summed E-state index contributed by atoms with van der Waals surface area (Å²) in [6.07, 6.45) is 0.211. The lowest BCUT2D eigenvalue weighted by atomic mass is 10.1. The molecule has 6 heteroatoms. The average Bonchev–Trinajstić information content (AvgIpc) is 2.95. The van der Waals surface area contributed by atoms with Crippen molar-refractivity contribution in [2.75, 3.05) is 13.2 Å². The number of aliphatic hydroxyl groups excluding tert-OH is 1. The van der Waals surface area contributed by atoms with E-state index in [-0.39, 0.29) is 24.9 Å². The van der Waals surface area contributed by atoms with Gasteiger partial charge in [-0.3, -0.25) is 9.59 Å². The van der Waals surface area contributed by atoms with Crippen molar-refractivity contribution in [3.05, 3.63) is 22.4 Å². The molecule has 2 unspecified atom stereocenters. The molecule has 2 heterocycles. The number of hydrogen-bond donors (Lipinski definition) is 2. The van der Waals surface area contributed by atoms with E-state index in [1.807, 2.05) is 17.5 Å². The van der Waals surface area contributed by atoms with E-state index in [1.165, 1.54) is 11.3 Å². The van der Waals surface area contributed by atoms with Crippen molar-refractivity contribution < 1.29 is 19.8 Å². The topological polar surface area (TPSA) is 77.8 Å². The summed E-state index contributed by atoms with van der Waals surface area (Å²) in [6.45, 7) is 0.400. The number of aliphatic hydroxyl groups is 1. The molecule has 1 amide bonds. The monoisotopic (exact) mass is 269 g/mol. The van der Waals surface area contributed by atoms with Crippen LogP contribution in [0.5, 0.6) is 0 Å². The van der Waals surface area contributed by atoms with Crippen molar-refractivity contribution in [2.45, 2.75) is 18.9 Å². The lowest BCUT2D eigenvalue weighted by Crippen LogP contribution is -2.31. The zero-order chi connectivity index (χ0) is 13.1. The Kier molecular flexibility index (Phi) is 3.98. The van der Waals surface area contributed by atoms with Crippen molar-refractivity contribution in [2.24, 2.45) is 5.92 Å². The van der Waals surface area contributed by atoms with E-state index in [1.54, 1.807) is 4.90 Å². The fourth-order valence-electron chi connectivity index (χ4n) is 2.24. The summed E-state index contributed by atoms with van der Waals surface area (Å²) < 4.78 is 0. The number of nitrogens with zero attached hydrogens (tertiary/aromatic N) is 1. The second-order valence-corrected chi connectivity index (χ2v) is 5.41. The predicted octanol–water partition coefficient (Wildman–Crippen LogP) is 1.10. The van der Waals surface area contributed by atoms with Crippen molar-refractivity contribution in [1.82, 2.24) is 4.90 Å². The van der Waals surface area contributed by atoms with E-state index in [4.69, 9.17) is 10.2 Å². The van der Waals surface area contributed by atoms with Gasteiger partial charge in [0.05, 0.1) is 12.5 Å². The first-order valence-electron chi connectivity index (χ1n) is 5.77. The number of hydrogen-bond acceptors (Lipinski definition) is 4. The zero-order valence-corrected chi connectivity index (χ0v) is 10.6. The maximum Gasteiger partial charge on any atom is 0.305 e. The number of amides is 1. The van der Waals surface area contributed by atoms with E-state index >= 15 is 0 Å². The Morgan fingerprint density at radius 2 is 2.39 bits per heavy atom. The number of carbonyl (C=O) groups is 2. The molecule has 0 saturated carbocycles. The van der Waals surface area contributed by atoms with E-state index in [0.29, 0.717) is 13.0 Å². The second kappa shape index (κ2) is 5.49. The highest BCUT2D eigenvalue weighted by Crippen LogP contribution is 2.33. The van der Waals surface area contributed by atoms with Crippen LogP contribution in [0.3, 0.4) is 0 Å². The van der Waals surface area contributed by atoms with Crippen molar-refractivity contribution in [3.63, 3.8) is 0 Å². The molecule has 5 nitrogen and oxygen atoms in total. The number of rotatable bonds is 5. The Labute approximate surface area is 109 Å². The molecule has 1 aliphatic rings. The highest BCUT2D eigenvalue weighted by atomic mass is 32.1. The highest BCUT2D eigenvalue weighted by molar-refractivity contribution is 7.10. The summed E-state index contributed by atoms with van der Waals surface area (Å²) in [7, 11) is 0. The van der Waals surface area contributed by atoms with E-state index < -0.39 is 12.0 Å². The van der Waals surface area contributed by atoms with Crippen LogP contribution in [0, 0.1) is 5.92 Å². The normalized spacial score (nSPS) is 21.3. The van der Waals surface area contributed by atoms with Gasteiger partial charge >= 0.3 is 5.97 Å². The van der Waals surface area contributed by atoms with Gasteiger partial charge in [-0.2, -0.15) is 0 Å². The van der Waals surface area contributed by atoms with Crippen LogP contribution in [-0.2, 0) is 9.59 Å². The first-order valence-corrected chi connectivity index (χ1v) is 6.65. The molecular weight excluding hydrogens is 254 g/mol. The Morgan fingerprint density at radius 3 is 2.89 bits per heavy atom. The summed E-state index contributed by atoms with van der Waals surface area (Å²) in [6, 6.07) is 3.28. The number of carboxylic acid groups (broad SMARTS) is 1. The van der Waals surface area contributed by atoms with Gasteiger partial charge in [0.15, 0.2) is 0 Å². The molecule has 0 spiro atoms. The lowest BCUT2D eigenvalue weighted by molar-refractivity contribution is -0.139. The molecule has 1 aromatic rings. The van der Waals surface area contributed by atoms with Crippen molar-refractivity contribution >= 4 is 23.2 Å². The van der Waals surface area contributed by atoms with Crippen molar-refractivity contribution in [1.29, 1.82) is 0 Å². The fourth-order valence-corrected chi connectivity index (χ4v) is 3.08. The summed E-state index contributed by atoms with van der Waals surface area (Å²) in [5.74, 6) is -1.07. The SMILES string of the molecule is O=C(O)CC(c1cccs1)N1CC(CO)CC1=O. The van der Waals surface area contributed by atoms with Crippen LogP contribution < -0.4 is 0 Å². The van der Waals surface area contributed by atoms with Gasteiger partial charge in [-0.15, -0.1) is 11.3 Å². The first kappa shape index (κ1) is 13.0. The third kappa shape index (κ3) is 2.70. The predicted molar refractivity (Wildman–Crippen MR) is 66.2 cm³/mol. The third-order valence-corrected chi connectivity index (χ3v) is 4.09. The van der Waals surface area contributed by atoms with Gasteiger partial charge < -0.3 is 15.1 Å². The molecule has 0 radical (unpaired) electrons. The molecule has 0 bridgehead atoms. The van der Waals surface area contributed by atoms with Gasteiger partial charge in [0.1, 0.15) is 0 Å². The largest absolute Gasteiger partial charge is 0.481 e. The molecule has 98 valence electrons. The molecule has 2 rings (SSSR count). The summed E-state index contributed by atoms with van der Waals surface area (Å²) in [5.41, 5.74) is 0. The molecule has 2 N–H and O–H groups in total. The van der Waals surface area contributed by atoms with E-state index in [0.717, 1.165) is 4.88 Å². The zero-order valence-electron chi connectivity index (χ0n) is 9.78. The van der Waals surface area contributed by atoms with E-state index in [2.05, 4.69) is 0 Å². The molecule has 1 aromatic heterocycles. The number of aliphatic carboxylic acids is 1. The quantitative estimate of drug-likeness (QED) is 0.839. The molecule has 2 atom stereocenters. The molecule has 0 aromatic carbocycles. The molecule has 1 fully saturated rings. The standard InChI is InChI=1S/C12H15NO4S/c14-7-8-4-11(15)13(6-8)9(5-12(16)17)10-2-1-3-18-10/h1-3,8-9,14H,4-7H2,(H,16,17). The summed E-state index contributed by atoms with van der Waals surface area (Å²) in [4.78, 5) is 25.3. The molecule has 1 aliphatic heterocycles. The van der Waals surface area contributed by atoms with Crippen LogP contribution in [0.25, 0.3) is 0 Å². The summed E-state index contributed by atoms with van der Waals surface area (Å²) >= 11 is 1.45. The fraction of sp³-hybridized carbons (Fsp3) is 0.500. The van der Waals surface area contributed by atoms with Gasteiger partial charge in [0.2, 0.25) is 5.91 Å². The van der Waals surface area contributed by atoms with Crippen molar-refractivity contribution in [3.8, 4) is 0 Å². The van der Waals surface area contributed by atoms with Crippen LogP contribution in [0.2, 0.25) is 0 Å². The average molecular weight is 269 g/mol. The van der Waals surface area contributed by atoms with E-state index in [9.17, 15) is 9.59 Å². The van der Waals surface area contributed by atoms with Gasteiger partial charge in [-0.05, 0) is 11.4 Å². The highest BCUT2D eigenvalue weighted by Gasteiger charge is 2.36. The van der Waals surface area contributed by atoms with Crippen LogP contribution in [-0.4, -0.2) is 40.1 Å². The van der Waals surface area contributed by atoms with Gasteiger partial charge in [-0.1, -0.05) is 6.07 Å². The third-order valence-electron chi connectivity index (χ3n) is 3.11. The lowest BCUT2D eigenvalue weighted by Gasteiger charge is -2.26. The van der Waals surface area contributed by atoms with Gasteiger partial charge in [0, 0.05) is 30.4 Å². The number of thiophene rings is 1. The summed E-state index contributed by atoms with van der Waals surface area (Å²) in [5, 5.41) is 19.9. The Morgan fingerprint density at radius 1 is 1.61 bits per heavy atom.